The van der Waals surface area contributed by atoms with E-state index in [4.69, 9.17) is 10.5 Å². The van der Waals surface area contributed by atoms with Gasteiger partial charge >= 0.3 is 0 Å². The summed E-state index contributed by atoms with van der Waals surface area (Å²) in [7, 11) is 0. The molecule has 0 saturated carbocycles. The number of ether oxygens (including phenoxy) is 1. The molecule has 1 amide bonds. The first-order valence-corrected chi connectivity index (χ1v) is 9.55. The number of amides is 1. The SMILES string of the molecule is CCN(CC)CCOc1ccc(C(=O)N2CCCC(C(C)N)C2)cc1. The van der Waals surface area contributed by atoms with Gasteiger partial charge in [0.05, 0.1) is 0 Å². The van der Waals surface area contributed by atoms with E-state index in [2.05, 4.69) is 18.7 Å². The number of hydrogen-bond acceptors (Lipinski definition) is 4. The summed E-state index contributed by atoms with van der Waals surface area (Å²) in [6.45, 7) is 11.6. The second-order valence-corrected chi connectivity index (χ2v) is 6.91. The van der Waals surface area contributed by atoms with Crippen LogP contribution in [0.1, 0.15) is 44.0 Å². The fourth-order valence-corrected chi connectivity index (χ4v) is 3.33. The van der Waals surface area contributed by atoms with Crippen molar-refractivity contribution < 1.29 is 9.53 Å². The molecule has 1 fully saturated rings. The molecular formula is C20H33N3O2. The normalized spacial score (nSPS) is 19.1. The topological polar surface area (TPSA) is 58.8 Å². The van der Waals surface area contributed by atoms with Crippen molar-refractivity contribution in [3.63, 3.8) is 0 Å². The summed E-state index contributed by atoms with van der Waals surface area (Å²) in [5, 5.41) is 0. The fraction of sp³-hybridized carbons (Fsp3) is 0.650. The minimum Gasteiger partial charge on any atom is -0.492 e. The van der Waals surface area contributed by atoms with Crippen LogP contribution in [-0.4, -0.2) is 61.1 Å². The minimum absolute atomic E-state index is 0.0973. The van der Waals surface area contributed by atoms with Gasteiger partial charge in [-0.1, -0.05) is 13.8 Å². The lowest BCUT2D eigenvalue weighted by Gasteiger charge is -2.34. The van der Waals surface area contributed by atoms with Crippen molar-refractivity contribution in [2.24, 2.45) is 11.7 Å². The van der Waals surface area contributed by atoms with Crippen LogP contribution in [0.3, 0.4) is 0 Å². The third-order valence-corrected chi connectivity index (χ3v) is 5.16. The number of hydrogen-bond donors (Lipinski definition) is 1. The largest absolute Gasteiger partial charge is 0.492 e. The summed E-state index contributed by atoms with van der Waals surface area (Å²) in [4.78, 5) is 17.0. The van der Waals surface area contributed by atoms with E-state index in [1.54, 1.807) is 0 Å². The standard InChI is InChI=1S/C20H33N3O2/c1-4-22(5-2)13-14-25-19-10-8-17(9-11-19)20(24)23-12-6-7-18(15-23)16(3)21/h8-11,16,18H,4-7,12-15,21H2,1-3H3. The average Bonchev–Trinajstić information content (AvgIpc) is 2.65. The van der Waals surface area contributed by atoms with Crippen molar-refractivity contribution in [2.45, 2.75) is 39.7 Å². The van der Waals surface area contributed by atoms with E-state index >= 15 is 0 Å². The minimum atomic E-state index is 0.0973. The van der Waals surface area contributed by atoms with Gasteiger partial charge in [-0.2, -0.15) is 0 Å². The van der Waals surface area contributed by atoms with Crippen molar-refractivity contribution >= 4 is 5.91 Å². The first kappa shape index (κ1) is 19.7. The summed E-state index contributed by atoms with van der Waals surface area (Å²) in [6, 6.07) is 7.65. The van der Waals surface area contributed by atoms with Gasteiger partial charge in [0.1, 0.15) is 12.4 Å². The molecule has 0 spiro atoms. The third-order valence-electron chi connectivity index (χ3n) is 5.16. The number of nitrogens with zero attached hydrogens (tertiary/aromatic N) is 2. The average molecular weight is 348 g/mol. The molecule has 1 aromatic carbocycles. The molecule has 0 bridgehead atoms. The highest BCUT2D eigenvalue weighted by Gasteiger charge is 2.26. The van der Waals surface area contributed by atoms with Gasteiger partial charge in [-0.15, -0.1) is 0 Å². The predicted molar refractivity (Wildman–Crippen MR) is 102 cm³/mol. The summed E-state index contributed by atoms with van der Waals surface area (Å²) in [5.41, 5.74) is 6.74. The van der Waals surface area contributed by atoms with E-state index in [1.165, 1.54) is 0 Å². The predicted octanol–water partition coefficient (Wildman–Crippen LogP) is 2.61. The molecule has 2 N–H and O–H groups in total. The van der Waals surface area contributed by atoms with E-state index in [9.17, 15) is 4.79 Å². The zero-order valence-corrected chi connectivity index (χ0v) is 15.9. The highest BCUT2D eigenvalue weighted by Crippen LogP contribution is 2.21. The van der Waals surface area contributed by atoms with Crippen molar-refractivity contribution in [3.05, 3.63) is 29.8 Å². The molecule has 0 aliphatic carbocycles. The Balaban J connectivity index is 1.87. The van der Waals surface area contributed by atoms with E-state index < -0.39 is 0 Å². The molecule has 25 heavy (non-hydrogen) atoms. The highest BCUT2D eigenvalue weighted by atomic mass is 16.5. The second-order valence-electron chi connectivity index (χ2n) is 6.91. The quantitative estimate of drug-likeness (QED) is 0.785. The van der Waals surface area contributed by atoms with E-state index in [-0.39, 0.29) is 11.9 Å². The zero-order valence-electron chi connectivity index (χ0n) is 15.9. The Morgan fingerprint density at radius 2 is 2.00 bits per heavy atom. The van der Waals surface area contributed by atoms with Gasteiger partial charge in [-0.25, -0.2) is 0 Å². The summed E-state index contributed by atoms with van der Waals surface area (Å²) in [5.74, 6) is 1.32. The van der Waals surface area contributed by atoms with E-state index in [0.29, 0.717) is 12.5 Å². The van der Waals surface area contributed by atoms with Crippen molar-refractivity contribution in [3.8, 4) is 5.75 Å². The Kier molecular flexibility index (Phi) is 7.72. The number of rotatable bonds is 8. The van der Waals surface area contributed by atoms with Crippen LogP contribution in [0.2, 0.25) is 0 Å². The van der Waals surface area contributed by atoms with Crippen LogP contribution in [0.15, 0.2) is 24.3 Å². The van der Waals surface area contributed by atoms with E-state index in [1.807, 2.05) is 36.1 Å². The molecule has 2 unspecified atom stereocenters. The molecule has 140 valence electrons. The Hall–Kier alpha value is -1.59. The Morgan fingerprint density at radius 3 is 2.60 bits per heavy atom. The van der Waals surface area contributed by atoms with Crippen molar-refractivity contribution in [1.82, 2.24) is 9.80 Å². The lowest BCUT2D eigenvalue weighted by atomic mass is 9.92. The third kappa shape index (κ3) is 5.72. The number of nitrogens with two attached hydrogens (primary N) is 1. The molecule has 5 nitrogen and oxygen atoms in total. The number of likely N-dealkylation sites (tertiary alicyclic amines) is 1. The first-order chi connectivity index (χ1) is 12.0. The van der Waals surface area contributed by atoms with Crippen LogP contribution < -0.4 is 10.5 Å². The van der Waals surface area contributed by atoms with Gasteiger partial charge in [0, 0.05) is 31.2 Å². The van der Waals surface area contributed by atoms with Gasteiger partial charge in [0.25, 0.3) is 5.91 Å². The first-order valence-electron chi connectivity index (χ1n) is 9.55. The zero-order chi connectivity index (χ0) is 18.2. The molecule has 1 aliphatic rings. The molecule has 2 rings (SSSR count). The monoisotopic (exact) mass is 347 g/mol. The van der Waals surface area contributed by atoms with Gasteiger partial charge in [0.2, 0.25) is 0 Å². The summed E-state index contributed by atoms with van der Waals surface area (Å²) < 4.78 is 5.79. The van der Waals surface area contributed by atoms with Crippen LogP contribution in [-0.2, 0) is 0 Å². The molecule has 1 heterocycles. The lowest BCUT2D eigenvalue weighted by Crippen LogP contribution is -2.45. The van der Waals surface area contributed by atoms with E-state index in [0.717, 1.165) is 56.9 Å². The molecule has 1 aromatic rings. The Bertz CT molecular complexity index is 526. The molecule has 5 heteroatoms. The molecule has 0 aromatic heterocycles. The number of likely N-dealkylation sites (N-methyl/N-ethyl adjacent to an activating group) is 1. The molecule has 2 atom stereocenters. The lowest BCUT2D eigenvalue weighted by molar-refractivity contribution is 0.0661. The summed E-state index contributed by atoms with van der Waals surface area (Å²) in [6.07, 6.45) is 2.14. The van der Waals surface area contributed by atoms with Crippen LogP contribution in [0.4, 0.5) is 0 Å². The van der Waals surface area contributed by atoms with Crippen molar-refractivity contribution in [2.75, 3.05) is 39.3 Å². The Labute approximate surface area is 152 Å². The maximum atomic E-state index is 12.7. The summed E-state index contributed by atoms with van der Waals surface area (Å²) >= 11 is 0. The number of benzene rings is 1. The maximum absolute atomic E-state index is 12.7. The number of carbonyl (C=O) groups is 1. The molecule has 0 radical (unpaired) electrons. The molecule has 1 aliphatic heterocycles. The number of piperidine rings is 1. The fourth-order valence-electron chi connectivity index (χ4n) is 3.33. The second kappa shape index (κ2) is 9.78. The maximum Gasteiger partial charge on any atom is 0.253 e. The van der Waals surface area contributed by atoms with Crippen LogP contribution in [0.5, 0.6) is 5.75 Å². The van der Waals surface area contributed by atoms with Gasteiger partial charge in [-0.05, 0) is 63.0 Å². The van der Waals surface area contributed by atoms with Crippen LogP contribution in [0, 0.1) is 5.92 Å². The van der Waals surface area contributed by atoms with Crippen LogP contribution in [0.25, 0.3) is 0 Å². The van der Waals surface area contributed by atoms with Crippen molar-refractivity contribution in [1.29, 1.82) is 0 Å². The van der Waals surface area contributed by atoms with Gasteiger partial charge in [0.15, 0.2) is 0 Å². The smallest absolute Gasteiger partial charge is 0.253 e. The number of carbonyl (C=O) groups excluding carboxylic acids is 1. The molecule has 1 saturated heterocycles. The van der Waals surface area contributed by atoms with Crippen LogP contribution >= 0.6 is 0 Å². The molecular weight excluding hydrogens is 314 g/mol. The highest BCUT2D eigenvalue weighted by molar-refractivity contribution is 5.94. The van der Waals surface area contributed by atoms with Gasteiger partial charge < -0.3 is 20.3 Å². The Morgan fingerprint density at radius 1 is 1.32 bits per heavy atom. The van der Waals surface area contributed by atoms with Gasteiger partial charge in [-0.3, -0.25) is 4.79 Å².